The second kappa shape index (κ2) is 4.01. The maximum Gasteiger partial charge on any atom is 0.337 e. The summed E-state index contributed by atoms with van der Waals surface area (Å²) in [5.41, 5.74) is 2.76. The largest absolute Gasteiger partial charge is 0.478 e. The third-order valence-corrected chi connectivity index (χ3v) is 3.39. The molecular weight excluding hydrogens is 230 g/mol. The predicted molar refractivity (Wildman–Crippen MR) is 69.2 cm³/mol. The second-order valence-electron chi connectivity index (χ2n) is 4.71. The average molecular weight is 245 g/mol. The smallest absolute Gasteiger partial charge is 0.337 e. The predicted octanol–water partition coefficient (Wildman–Crippen LogP) is 2.17. The first-order valence-corrected chi connectivity index (χ1v) is 6.14. The first-order valence-electron chi connectivity index (χ1n) is 6.14. The van der Waals surface area contributed by atoms with Crippen LogP contribution in [0.5, 0.6) is 0 Å². The molecule has 1 fully saturated rings. The molecule has 0 spiro atoms. The third kappa shape index (κ3) is 1.72. The van der Waals surface area contributed by atoms with Crippen molar-refractivity contribution in [2.24, 2.45) is 0 Å². The Balaban J connectivity index is 2.19. The van der Waals surface area contributed by atoms with Crippen LogP contribution < -0.4 is 4.90 Å². The summed E-state index contributed by atoms with van der Waals surface area (Å²) < 4.78 is 0. The van der Waals surface area contributed by atoms with Crippen LogP contribution in [0.15, 0.2) is 12.1 Å². The lowest BCUT2D eigenvalue weighted by atomic mass is 10.1. The number of nitrogens with zero attached hydrogens (tertiary/aromatic N) is 2. The number of hydrogen-bond donors (Lipinski definition) is 2. The number of carboxylic acids is 1. The molecule has 0 radical (unpaired) electrons. The van der Waals surface area contributed by atoms with Crippen LogP contribution in [0.3, 0.4) is 0 Å². The Labute approximate surface area is 104 Å². The fourth-order valence-electron chi connectivity index (χ4n) is 2.56. The molecule has 3 rings (SSSR count). The normalized spacial score (nSPS) is 15.5. The van der Waals surface area contributed by atoms with E-state index in [-0.39, 0.29) is 0 Å². The van der Waals surface area contributed by atoms with E-state index in [0.29, 0.717) is 5.56 Å². The van der Waals surface area contributed by atoms with E-state index in [4.69, 9.17) is 0 Å². The van der Waals surface area contributed by atoms with Gasteiger partial charge in [-0.1, -0.05) is 0 Å². The van der Waals surface area contributed by atoms with Crippen molar-refractivity contribution in [2.45, 2.75) is 19.8 Å². The van der Waals surface area contributed by atoms with E-state index in [9.17, 15) is 9.90 Å². The Morgan fingerprint density at radius 2 is 2.11 bits per heavy atom. The van der Waals surface area contributed by atoms with Crippen LogP contribution in [0.1, 0.15) is 29.0 Å². The summed E-state index contributed by atoms with van der Waals surface area (Å²) in [4.78, 5) is 20.9. The van der Waals surface area contributed by atoms with Gasteiger partial charge in [-0.2, -0.15) is 0 Å². The molecule has 0 amide bonds. The van der Waals surface area contributed by atoms with Gasteiger partial charge in [-0.05, 0) is 31.9 Å². The van der Waals surface area contributed by atoms with Gasteiger partial charge in [0.15, 0.2) is 0 Å². The first kappa shape index (κ1) is 11.1. The van der Waals surface area contributed by atoms with Crippen molar-refractivity contribution in [3.63, 3.8) is 0 Å². The Kier molecular flexibility index (Phi) is 2.47. The van der Waals surface area contributed by atoms with Gasteiger partial charge in [-0.3, -0.25) is 0 Å². The highest BCUT2D eigenvalue weighted by Gasteiger charge is 2.20. The quantitative estimate of drug-likeness (QED) is 0.850. The number of aromatic carboxylic acids is 1. The van der Waals surface area contributed by atoms with Crippen molar-refractivity contribution >= 4 is 22.7 Å². The van der Waals surface area contributed by atoms with E-state index in [2.05, 4.69) is 14.9 Å². The number of rotatable bonds is 2. The highest BCUT2D eigenvalue weighted by molar-refractivity contribution is 5.99. The van der Waals surface area contributed by atoms with Crippen molar-refractivity contribution in [2.75, 3.05) is 18.0 Å². The molecular formula is C13H15N3O2. The summed E-state index contributed by atoms with van der Waals surface area (Å²) in [6.07, 6.45) is 2.24. The van der Waals surface area contributed by atoms with Gasteiger partial charge in [-0.25, -0.2) is 9.78 Å². The van der Waals surface area contributed by atoms with Gasteiger partial charge >= 0.3 is 5.97 Å². The number of aromatic nitrogens is 2. The lowest BCUT2D eigenvalue weighted by molar-refractivity contribution is 0.0697. The minimum atomic E-state index is -0.883. The van der Waals surface area contributed by atoms with E-state index >= 15 is 0 Å². The summed E-state index contributed by atoms with van der Waals surface area (Å²) in [5.74, 6) is -0.0778. The maximum absolute atomic E-state index is 11.4. The maximum atomic E-state index is 11.4. The zero-order chi connectivity index (χ0) is 12.7. The number of carbonyl (C=O) groups is 1. The Hall–Kier alpha value is -2.04. The molecule has 94 valence electrons. The number of aryl methyl sites for hydroxylation is 1. The van der Waals surface area contributed by atoms with Crippen LogP contribution in [0.4, 0.5) is 5.69 Å². The number of aromatic amines is 1. The number of benzene rings is 1. The van der Waals surface area contributed by atoms with E-state index in [0.717, 1.165) is 48.5 Å². The van der Waals surface area contributed by atoms with Crippen LogP contribution >= 0.6 is 0 Å². The number of hydrogen-bond acceptors (Lipinski definition) is 3. The second-order valence-corrected chi connectivity index (χ2v) is 4.71. The van der Waals surface area contributed by atoms with Crippen LogP contribution in [0, 0.1) is 6.92 Å². The molecule has 0 bridgehead atoms. The van der Waals surface area contributed by atoms with Crippen molar-refractivity contribution < 1.29 is 9.90 Å². The van der Waals surface area contributed by atoms with E-state index in [1.807, 2.05) is 13.0 Å². The Bertz CT molecular complexity index is 612. The van der Waals surface area contributed by atoms with Gasteiger partial charge in [0.25, 0.3) is 0 Å². The summed E-state index contributed by atoms with van der Waals surface area (Å²) in [6, 6.07) is 3.57. The molecule has 1 aromatic carbocycles. The lowest BCUT2D eigenvalue weighted by Gasteiger charge is -2.19. The Morgan fingerprint density at radius 3 is 2.78 bits per heavy atom. The summed E-state index contributed by atoms with van der Waals surface area (Å²) in [5, 5.41) is 9.33. The number of nitrogens with one attached hydrogen (secondary N) is 1. The van der Waals surface area contributed by atoms with Crippen molar-refractivity contribution in [3.8, 4) is 0 Å². The molecule has 2 N–H and O–H groups in total. The van der Waals surface area contributed by atoms with Crippen molar-refractivity contribution in [1.82, 2.24) is 9.97 Å². The zero-order valence-electron chi connectivity index (χ0n) is 10.2. The molecule has 2 aromatic rings. The topological polar surface area (TPSA) is 69.2 Å². The molecule has 1 aliphatic heterocycles. The SMILES string of the molecule is Cc1nc2cc(N3CCCC3)c(C(=O)O)cc2[nH]1. The number of fused-ring (bicyclic) bond motifs is 1. The van der Waals surface area contributed by atoms with Crippen molar-refractivity contribution in [3.05, 3.63) is 23.5 Å². The van der Waals surface area contributed by atoms with Crippen LogP contribution in [0.25, 0.3) is 11.0 Å². The molecule has 18 heavy (non-hydrogen) atoms. The molecule has 5 nitrogen and oxygen atoms in total. The van der Waals surface area contributed by atoms with E-state index in [1.54, 1.807) is 6.07 Å². The number of carboxylic acid groups (broad SMARTS) is 1. The molecule has 1 aromatic heterocycles. The zero-order valence-corrected chi connectivity index (χ0v) is 10.2. The minimum Gasteiger partial charge on any atom is -0.478 e. The monoisotopic (exact) mass is 245 g/mol. The van der Waals surface area contributed by atoms with Gasteiger partial charge in [0.2, 0.25) is 0 Å². The van der Waals surface area contributed by atoms with Gasteiger partial charge in [0, 0.05) is 13.1 Å². The first-order chi connectivity index (χ1) is 8.65. The summed E-state index contributed by atoms with van der Waals surface area (Å²) in [6.45, 7) is 3.72. The third-order valence-electron chi connectivity index (χ3n) is 3.39. The van der Waals surface area contributed by atoms with Crippen LogP contribution in [-0.2, 0) is 0 Å². The average Bonchev–Trinajstić information content (AvgIpc) is 2.93. The molecule has 2 heterocycles. The van der Waals surface area contributed by atoms with Crippen LogP contribution in [0.2, 0.25) is 0 Å². The molecule has 1 aliphatic rings. The lowest BCUT2D eigenvalue weighted by Crippen LogP contribution is -2.20. The molecule has 0 atom stereocenters. The van der Waals surface area contributed by atoms with Crippen LogP contribution in [-0.4, -0.2) is 34.1 Å². The Morgan fingerprint density at radius 1 is 1.39 bits per heavy atom. The molecule has 1 saturated heterocycles. The standard InChI is InChI=1S/C13H15N3O2/c1-8-14-10-6-9(13(17)18)12(7-11(10)15-8)16-4-2-3-5-16/h6-7H,2-5H2,1H3,(H,14,15)(H,17,18). The molecule has 0 aliphatic carbocycles. The highest BCUT2D eigenvalue weighted by Crippen LogP contribution is 2.28. The molecule has 5 heteroatoms. The number of anilines is 1. The summed E-state index contributed by atoms with van der Waals surface area (Å²) >= 11 is 0. The molecule has 0 unspecified atom stereocenters. The van der Waals surface area contributed by atoms with E-state index < -0.39 is 5.97 Å². The fraction of sp³-hybridized carbons (Fsp3) is 0.385. The summed E-state index contributed by atoms with van der Waals surface area (Å²) in [7, 11) is 0. The minimum absolute atomic E-state index is 0.355. The van der Waals surface area contributed by atoms with Gasteiger partial charge in [0.1, 0.15) is 5.82 Å². The van der Waals surface area contributed by atoms with Gasteiger partial charge in [-0.15, -0.1) is 0 Å². The number of H-pyrrole nitrogens is 1. The number of imidazole rings is 1. The molecule has 0 saturated carbocycles. The van der Waals surface area contributed by atoms with Crippen molar-refractivity contribution in [1.29, 1.82) is 0 Å². The fourth-order valence-corrected chi connectivity index (χ4v) is 2.56. The van der Waals surface area contributed by atoms with E-state index in [1.165, 1.54) is 0 Å². The highest BCUT2D eigenvalue weighted by atomic mass is 16.4. The van der Waals surface area contributed by atoms with Gasteiger partial charge in [0.05, 0.1) is 22.3 Å². The van der Waals surface area contributed by atoms with Gasteiger partial charge < -0.3 is 15.0 Å².